The molecule has 4 heteroatoms. The predicted octanol–water partition coefficient (Wildman–Crippen LogP) is 3.30. The van der Waals surface area contributed by atoms with Gasteiger partial charge in [0.15, 0.2) is 0 Å². The van der Waals surface area contributed by atoms with Crippen molar-refractivity contribution in [2.75, 3.05) is 18.5 Å². The van der Waals surface area contributed by atoms with Crippen LogP contribution >= 0.6 is 0 Å². The maximum absolute atomic E-state index is 12.3. The zero-order valence-electron chi connectivity index (χ0n) is 13.2. The number of hydrogen-bond donors (Lipinski definition) is 0. The molecule has 0 amide bonds. The van der Waals surface area contributed by atoms with Crippen LogP contribution in [0.1, 0.15) is 29.5 Å². The van der Waals surface area contributed by atoms with Gasteiger partial charge in [0.25, 0.3) is 0 Å². The SMILES string of the molecule is Cc1cc(C)n(C(=O)C[C@H](C)CN(C)c2ccccc2)n1. The van der Waals surface area contributed by atoms with Gasteiger partial charge in [-0.25, -0.2) is 4.68 Å². The monoisotopic (exact) mass is 285 g/mol. The molecule has 4 nitrogen and oxygen atoms in total. The Labute approximate surface area is 126 Å². The highest BCUT2D eigenvalue weighted by atomic mass is 16.2. The van der Waals surface area contributed by atoms with Crippen molar-refractivity contribution >= 4 is 11.6 Å². The van der Waals surface area contributed by atoms with Gasteiger partial charge in [-0.05, 0) is 38.0 Å². The third kappa shape index (κ3) is 3.94. The number of aromatic nitrogens is 2. The van der Waals surface area contributed by atoms with Crippen molar-refractivity contribution in [1.29, 1.82) is 0 Å². The highest BCUT2D eigenvalue weighted by Gasteiger charge is 2.15. The Kier molecular flexibility index (Phi) is 4.78. The van der Waals surface area contributed by atoms with Crippen LogP contribution in [-0.4, -0.2) is 29.3 Å². The number of aryl methyl sites for hydroxylation is 2. The average Bonchev–Trinajstić information content (AvgIpc) is 2.78. The Hall–Kier alpha value is -2.10. The summed E-state index contributed by atoms with van der Waals surface area (Å²) in [6.07, 6.45) is 0.499. The lowest BCUT2D eigenvalue weighted by atomic mass is 10.1. The van der Waals surface area contributed by atoms with Gasteiger partial charge in [-0.1, -0.05) is 25.1 Å². The Morgan fingerprint density at radius 1 is 1.29 bits per heavy atom. The van der Waals surface area contributed by atoms with E-state index in [0.29, 0.717) is 6.42 Å². The fraction of sp³-hybridized carbons (Fsp3) is 0.412. The van der Waals surface area contributed by atoms with Crippen molar-refractivity contribution in [2.24, 2.45) is 5.92 Å². The first-order valence-corrected chi connectivity index (χ1v) is 7.30. The summed E-state index contributed by atoms with van der Waals surface area (Å²) >= 11 is 0. The van der Waals surface area contributed by atoms with E-state index in [4.69, 9.17) is 0 Å². The van der Waals surface area contributed by atoms with Crippen LogP contribution in [0, 0.1) is 19.8 Å². The van der Waals surface area contributed by atoms with Gasteiger partial charge >= 0.3 is 0 Å². The molecule has 0 aliphatic rings. The van der Waals surface area contributed by atoms with Gasteiger partial charge in [-0.2, -0.15) is 5.10 Å². The van der Waals surface area contributed by atoms with Crippen LogP contribution in [0.15, 0.2) is 36.4 Å². The minimum absolute atomic E-state index is 0.0644. The lowest BCUT2D eigenvalue weighted by molar-refractivity contribution is 0.0865. The topological polar surface area (TPSA) is 38.1 Å². The van der Waals surface area contributed by atoms with Crippen molar-refractivity contribution in [1.82, 2.24) is 9.78 Å². The highest BCUT2D eigenvalue weighted by molar-refractivity contribution is 5.79. The van der Waals surface area contributed by atoms with E-state index in [1.807, 2.05) is 38.1 Å². The summed E-state index contributed by atoms with van der Waals surface area (Å²) < 4.78 is 1.52. The van der Waals surface area contributed by atoms with Crippen LogP contribution in [0.2, 0.25) is 0 Å². The maximum Gasteiger partial charge on any atom is 0.247 e. The summed E-state index contributed by atoms with van der Waals surface area (Å²) in [7, 11) is 2.06. The summed E-state index contributed by atoms with van der Waals surface area (Å²) in [6, 6.07) is 12.1. The minimum atomic E-state index is 0.0644. The number of benzene rings is 1. The van der Waals surface area contributed by atoms with Gasteiger partial charge in [0.2, 0.25) is 5.91 Å². The summed E-state index contributed by atoms with van der Waals surface area (Å²) in [4.78, 5) is 14.5. The summed E-state index contributed by atoms with van der Waals surface area (Å²) in [5.41, 5.74) is 2.96. The van der Waals surface area contributed by atoms with E-state index in [0.717, 1.165) is 17.9 Å². The predicted molar refractivity (Wildman–Crippen MR) is 85.8 cm³/mol. The van der Waals surface area contributed by atoms with Gasteiger partial charge in [0, 0.05) is 31.4 Å². The number of nitrogens with zero attached hydrogens (tertiary/aromatic N) is 3. The zero-order chi connectivity index (χ0) is 15.4. The molecule has 21 heavy (non-hydrogen) atoms. The van der Waals surface area contributed by atoms with Crippen molar-refractivity contribution in [3.05, 3.63) is 47.8 Å². The molecule has 0 unspecified atom stereocenters. The third-order valence-electron chi connectivity index (χ3n) is 3.55. The van der Waals surface area contributed by atoms with E-state index >= 15 is 0 Å². The molecule has 0 aliphatic carbocycles. The quantitative estimate of drug-likeness (QED) is 0.846. The molecule has 0 saturated carbocycles. The van der Waals surface area contributed by atoms with Crippen LogP contribution in [0.4, 0.5) is 5.69 Å². The molecule has 112 valence electrons. The Morgan fingerprint density at radius 2 is 1.95 bits per heavy atom. The summed E-state index contributed by atoms with van der Waals surface area (Å²) in [5.74, 6) is 0.334. The lowest BCUT2D eigenvalue weighted by Crippen LogP contribution is -2.27. The Bertz CT molecular complexity index is 604. The van der Waals surface area contributed by atoms with E-state index < -0.39 is 0 Å². The smallest absolute Gasteiger partial charge is 0.247 e. The van der Waals surface area contributed by atoms with Crippen molar-refractivity contribution in [3.63, 3.8) is 0 Å². The second kappa shape index (κ2) is 6.57. The van der Waals surface area contributed by atoms with Crippen LogP contribution in [0.5, 0.6) is 0 Å². The van der Waals surface area contributed by atoms with Gasteiger partial charge in [0.1, 0.15) is 0 Å². The number of rotatable bonds is 5. The van der Waals surface area contributed by atoms with Crippen molar-refractivity contribution in [2.45, 2.75) is 27.2 Å². The molecule has 0 radical (unpaired) electrons. The average molecular weight is 285 g/mol. The first-order valence-electron chi connectivity index (χ1n) is 7.30. The first-order chi connectivity index (χ1) is 9.97. The lowest BCUT2D eigenvalue weighted by Gasteiger charge is -2.23. The van der Waals surface area contributed by atoms with E-state index in [1.54, 1.807) is 0 Å². The number of carbonyl (C=O) groups excluding carboxylic acids is 1. The van der Waals surface area contributed by atoms with Crippen LogP contribution < -0.4 is 4.90 Å². The molecule has 2 rings (SSSR count). The van der Waals surface area contributed by atoms with Gasteiger partial charge < -0.3 is 4.90 Å². The van der Waals surface area contributed by atoms with Gasteiger partial charge in [-0.15, -0.1) is 0 Å². The molecule has 0 bridgehead atoms. The minimum Gasteiger partial charge on any atom is -0.374 e. The molecule has 1 aromatic carbocycles. The first kappa shape index (κ1) is 15.3. The maximum atomic E-state index is 12.3. The molecule has 0 saturated heterocycles. The molecule has 0 spiro atoms. The van der Waals surface area contributed by atoms with E-state index in [-0.39, 0.29) is 11.8 Å². The molecular weight excluding hydrogens is 262 g/mol. The Balaban J connectivity index is 1.94. The molecule has 0 fully saturated rings. The molecule has 1 atom stereocenters. The van der Waals surface area contributed by atoms with Crippen LogP contribution in [-0.2, 0) is 0 Å². The molecule has 0 N–H and O–H groups in total. The largest absolute Gasteiger partial charge is 0.374 e. The van der Waals surface area contributed by atoms with Crippen LogP contribution in [0.25, 0.3) is 0 Å². The van der Waals surface area contributed by atoms with E-state index in [2.05, 4.69) is 36.1 Å². The fourth-order valence-corrected chi connectivity index (χ4v) is 2.59. The number of carbonyl (C=O) groups is 1. The highest BCUT2D eigenvalue weighted by Crippen LogP contribution is 2.15. The van der Waals surface area contributed by atoms with Gasteiger partial charge in [0.05, 0.1) is 5.69 Å². The molecule has 2 aromatic rings. The molecule has 0 aliphatic heterocycles. The Morgan fingerprint density at radius 3 is 2.52 bits per heavy atom. The number of para-hydroxylation sites is 1. The fourth-order valence-electron chi connectivity index (χ4n) is 2.59. The van der Waals surface area contributed by atoms with E-state index in [9.17, 15) is 4.79 Å². The zero-order valence-corrected chi connectivity index (χ0v) is 13.2. The molecule has 1 heterocycles. The van der Waals surface area contributed by atoms with Gasteiger partial charge in [-0.3, -0.25) is 4.79 Å². The van der Waals surface area contributed by atoms with E-state index in [1.165, 1.54) is 10.4 Å². The second-order valence-corrected chi connectivity index (χ2v) is 5.76. The second-order valence-electron chi connectivity index (χ2n) is 5.76. The molecule has 1 aromatic heterocycles. The molecular formula is C17H23N3O. The normalized spacial score (nSPS) is 12.2. The van der Waals surface area contributed by atoms with Crippen molar-refractivity contribution < 1.29 is 4.79 Å². The van der Waals surface area contributed by atoms with Crippen molar-refractivity contribution in [3.8, 4) is 0 Å². The summed E-state index contributed by atoms with van der Waals surface area (Å²) in [5, 5.41) is 4.25. The standard InChI is InChI=1S/C17H23N3O/c1-13(12-19(4)16-8-6-5-7-9-16)10-17(21)20-15(3)11-14(2)18-20/h5-9,11,13H,10,12H2,1-4H3/t13-/m0/s1. The third-order valence-corrected chi connectivity index (χ3v) is 3.55. The number of hydrogen-bond acceptors (Lipinski definition) is 3. The number of anilines is 1. The van der Waals surface area contributed by atoms with Crippen LogP contribution in [0.3, 0.4) is 0 Å². The summed E-state index contributed by atoms with van der Waals surface area (Å²) in [6.45, 7) is 6.76.